The number of piperidine rings is 1. The Kier molecular flexibility index (Phi) is 4.99. The monoisotopic (exact) mass is 264 g/mol. The summed E-state index contributed by atoms with van der Waals surface area (Å²) in [6.45, 7) is 9.14. The van der Waals surface area contributed by atoms with Crippen LogP contribution < -0.4 is 0 Å². The van der Waals surface area contributed by atoms with Crippen LogP contribution in [0, 0.1) is 5.92 Å². The van der Waals surface area contributed by atoms with Gasteiger partial charge in [-0.05, 0) is 59.8 Å². The summed E-state index contributed by atoms with van der Waals surface area (Å²) in [7, 11) is 4.46. The molecule has 4 nitrogen and oxygen atoms in total. The Morgan fingerprint density at radius 2 is 2.05 bits per heavy atom. The third-order valence-electron chi connectivity index (χ3n) is 4.14. The van der Waals surface area contributed by atoms with Gasteiger partial charge in [-0.3, -0.25) is 0 Å². The van der Waals surface area contributed by atoms with Crippen molar-refractivity contribution < 1.29 is 0 Å². The number of aromatic nitrogens is 2. The molecule has 2 heterocycles. The zero-order chi connectivity index (χ0) is 13.8. The van der Waals surface area contributed by atoms with E-state index in [4.69, 9.17) is 0 Å². The normalized spacial score (nSPS) is 18.6. The van der Waals surface area contributed by atoms with Crippen LogP contribution in [0.5, 0.6) is 0 Å². The van der Waals surface area contributed by atoms with Gasteiger partial charge in [-0.1, -0.05) is 0 Å². The van der Waals surface area contributed by atoms with Crippen molar-refractivity contribution >= 4 is 0 Å². The molecule has 19 heavy (non-hydrogen) atoms. The Morgan fingerprint density at radius 3 is 2.68 bits per heavy atom. The molecule has 1 aliphatic rings. The molecule has 0 radical (unpaired) electrons. The van der Waals surface area contributed by atoms with E-state index in [1.807, 2.05) is 12.5 Å². The fourth-order valence-corrected chi connectivity index (χ4v) is 2.95. The first-order chi connectivity index (χ1) is 9.06. The topological polar surface area (TPSA) is 24.3 Å². The van der Waals surface area contributed by atoms with Gasteiger partial charge in [-0.2, -0.15) is 0 Å². The summed E-state index contributed by atoms with van der Waals surface area (Å²) in [6.07, 6.45) is 6.63. The van der Waals surface area contributed by atoms with Crippen LogP contribution in [0.1, 0.15) is 38.4 Å². The van der Waals surface area contributed by atoms with Crippen LogP contribution >= 0.6 is 0 Å². The SMILES string of the molecule is CC(C)n1cncc1CN(C)CC1CCN(C)CC1. The number of imidazole rings is 1. The summed E-state index contributed by atoms with van der Waals surface area (Å²) < 4.78 is 2.27. The molecule has 0 aliphatic carbocycles. The van der Waals surface area contributed by atoms with Crippen LogP contribution in [-0.4, -0.2) is 53.1 Å². The number of nitrogens with zero attached hydrogens (tertiary/aromatic N) is 4. The van der Waals surface area contributed by atoms with E-state index in [1.165, 1.54) is 38.2 Å². The van der Waals surface area contributed by atoms with Crippen molar-refractivity contribution in [3.8, 4) is 0 Å². The smallest absolute Gasteiger partial charge is 0.0951 e. The van der Waals surface area contributed by atoms with Gasteiger partial charge in [0.25, 0.3) is 0 Å². The van der Waals surface area contributed by atoms with Gasteiger partial charge in [0, 0.05) is 25.3 Å². The summed E-state index contributed by atoms with van der Waals surface area (Å²) in [4.78, 5) is 9.17. The highest BCUT2D eigenvalue weighted by Gasteiger charge is 2.18. The summed E-state index contributed by atoms with van der Waals surface area (Å²) in [5, 5.41) is 0. The minimum atomic E-state index is 0.495. The number of likely N-dealkylation sites (tertiary alicyclic amines) is 1. The van der Waals surface area contributed by atoms with Crippen molar-refractivity contribution in [2.45, 2.75) is 39.3 Å². The van der Waals surface area contributed by atoms with Crippen LogP contribution in [0.3, 0.4) is 0 Å². The molecule has 0 aromatic carbocycles. The number of hydrogen-bond donors (Lipinski definition) is 0. The van der Waals surface area contributed by atoms with Gasteiger partial charge in [-0.25, -0.2) is 4.98 Å². The average molecular weight is 264 g/mol. The van der Waals surface area contributed by atoms with Crippen molar-refractivity contribution in [2.75, 3.05) is 33.7 Å². The molecular weight excluding hydrogens is 236 g/mol. The minimum absolute atomic E-state index is 0.495. The molecule has 1 aromatic rings. The van der Waals surface area contributed by atoms with E-state index in [9.17, 15) is 0 Å². The molecule has 1 aliphatic heterocycles. The van der Waals surface area contributed by atoms with Gasteiger partial charge in [-0.15, -0.1) is 0 Å². The van der Waals surface area contributed by atoms with Gasteiger partial charge in [0.15, 0.2) is 0 Å². The van der Waals surface area contributed by atoms with E-state index in [0.29, 0.717) is 6.04 Å². The first-order valence-corrected chi connectivity index (χ1v) is 7.44. The molecule has 0 unspecified atom stereocenters. The van der Waals surface area contributed by atoms with Crippen molar-refractivity contribution in [1.29, 1.82) is 0 Å². The van der Waals surface area contributed by atoms with Crippen molar-refractivity contribution in [3.63, 3.8) is 0 Å². The van der Waals surface area contributed by atoms with Gasteiger partial charge < -0.3 is 14.4 Å². The number of rotatable bonds is 5. The average Bonchev–Trinajstić information content (AvgIpc) is 2.80. The Morgan fingerprint density at radius 1 is 1.37 bits per heavy atom. The highest BCUT2D eigenvalue weighted by molar-refractivity contribution is 4.99. The highest BCUT2D eigenvalue weighted by atomic mass is 15.2. The molecule has 1 aromatic heterocycles. The molecule has 4 heteroatoms. The molecule has 108 valence electrons. The Hall–Kier alpha value is -0.870. The van der Waals surface area contributed by atoms with Gasteiger partial charge in [0.05, 0.1) is 12.0 Å². The quantitative estimate of drug-likeness (QED) is 0.815. The molecule has 0 N–H and O–H groups in total. The Labute approximate surface area is 117 Å². The summed E-state index contributed by atoms with van der Waals surface area (Å²) in [5.74, 6) is 0.858. The van der Waals surface area contributed by atoms with Crippen LogP contribution in [0.25, 0.3) is 0 Å². The second-order valence-corrected chi connectivity index (χ2v) is 6.33. The molecule has 0 saturated carbocycles. The van der Waals surface area contributed by atoms with Gasteiger partial charge in [0.1, 0.15) is 0 Å². The highest BCUT2D eigenvalue weighted by Crippen LogP contribution is 2.18. The summed E-state index contributed by atoms with van der Waals surface area (Å²) in [5.41, 5.74) is 1.32. The first kappa shape index (κ1) is 14.5. The standard InChI is InChI=1S/C15H28N4/c1-13(2)19-12-16-9-15(19)11-18(4)10-14-5-7-17(3)8-6-14/h9,12-14H,5-8,10-11H2,1-4H3. The third kappa shape index (κ3) is 4.05. The lowest BCUT2D eigenvalue weighted by Gasteiger charge is -2.31. The van der Waals surface area contributed by atoms with Gasteiger partial charge in [0.2, 0.25) is 0 Å². The van der Waals surface area contributed by atoms with E-state index in [0.717, 1.165) is 12.5 Å². The molecule has 1 fully saturated rings. The fraction of sp³-hybridized carbons (Fsp3) is 0.800. The maximum atomic E-state index is 4.28. The summed E-state index contributed by atoms with van der Waals surface area (Å²) in [6, 6.07) is 0.495. The van der Waals surface area contributed by atoms with Crippen LogP contribution in [0.15, 0.2) is 12.5 Å². The van der Waals surface area contributed by atoms with Crippen molar-refractivity contribution in [3.05, 3.63) is 18.2 Å². The molecule has 0 amide bonds. The number of hydrogen-bond acceptors (Lipinski definition) is 3. The Bertz CT molecular complexity index is 377. The molecule has 2 rings (SSSR count). The lowest BCUT2D eigenvalue weighted by Crippen LogP contribution is -2.35. The predicted octanol–water partition coefficient (Wildman–Crippen LogP) is 2.24. The molecular formula is C15H28N4. The molecule has 0 atom stereocenters. The zero-order valence-corrected chi connectivity index (χ0v) is 12.8. The first-order valence-electron chi connectivity index (χ1n) is 7.44. The second-order valence-electron chi connectivity index (χ2n) is 6.33. The molecule has 0 spiro atoms. The zero-order valence-electron chi connectivity index (χ0n) is 12.8. The van der Waals surface area contributed by atoms with E-state index in [2.05, 4.69) is 47.3 Å². The summed E-state index contributed by atoms with van der Waals surface area (Å²) >= 11 is 0. The molecule has 0 bridgehead atoms. The van der Waals surface area contributed by atoms with Crippen molar-refractivity contribution in [1.82, 2.24) is 19.4 Å². The van der Waals surface area contributed by atoms with Crippen LogP contribution in [0.4, 0.5) is 0 Å². The van der Waals surface area contributed by atoms with Crippen LogP contribution in [0.2, 0.25) is 0 Å². The van der Waals surface area contributed by atoms with E-state index in [1.54, 1.807) is 0 Å². The van der Waals surface area contributed by atoms with E-state index in [-0.39, 0.29) is 0 Å². The lowest BCUT2D eigenvalue weighted by atomic mass is 9.97. The van der Waals surface area contributed by atoms with E-state index < -0.39 is 0 Å². The maximum absolute atomic E-state index is 4.28. The van der Waals surface area contributed by atoms with Gasteiger partial charge >= 0.3 is 0 Å². The van der Waals surface area contributed by atoms with E-state index >= 15 is 0 Å². The fourth-order valence-electron chi connectivity index (χ4n) is 2.95. The second kappa shape index (κ2) is 6.53. The maximum Gasteiger partial charge on any atom is 0.0951 e. The minimum Gasteiger partial charge on any atom is -0.331 e. The van der Waals surface area contributed by atoms with Crippen molar-refractivity contribution in [2.24, 2.45) is 5.92 Å². The largest absolute Gasteiger partial charge is 0.331 e. The molecule has 1 saturated heterocycles. The lowest BCUT2D eigenvalue weighted by molar-refractivity contribution is 0.171. The predicted molar refractivity (Wildman–Crippen MR) is 79.2 cm³/mol. The third-order valence-corrected chi connectivity index (χ3v) is 4.14. The van der Waals surface area contributed by atoms with Crippen LogP contribution in [-0.2, 0) is 6.54 Å². The Balaban J connectivity index is 1.83.